The molecule has 10 nitrogen and oxygen atoms in total. The number of hydrogen-bond donors (Lipinski definition) is 5. The maximum atomic E-state index is 14.1. The van der Waals surface area contributed by atoms with Crippen molar-refractivity contribution in [2.24, 2.45) is 5.92 Å². The van der Waals surface area contributed by atoms with Crippen molar-refractivity contribution in [3.8, 4) is 11.5 Å². The summed E-state index contributed by atoms with van der Waals surface area (Å²) in [5.74, 6) is 1.01. The molecular weight excluding hydrogens is 668 g/mol. The Morgan fingerprint density at radius 2 is 1.74 bits per heavy atom. The van der Waals surface area contributed by atoms with Gasteiger partial charge in [0.2, 0.25) is 5.56 Å². The second-order valence-electron chi connectivity index (χ2n) is 14.7. The van der Waals surface area contributed by atoms with Gasteiger partial charge in [0, 0.05) is 37.6 Å². The molecule has 3 atom stereocenters. The number of ether oxygens (including phenoxy) is 2. The standard InChI is InChI=1S/C43H46N4O6/c48-37-14-12-34(35-13-15-40(50)46-41(35)37)38(49)25-44-23-28-8-10-29(11-9-28)27-52-33-6-3-4-30(22-33)24-45-43(19-16-31-5-1-2-7-36(31)43)42(51)53-39-26-47-20-17-32(39)18-21-47/h1-15,22,32,38-39,44-45,48-49H,16-21,23-27H2,(H,46,50)/t38?,39-,43?/m0/s1. The van der Waals surface area contributed by atoms with Crippen LogP contribution in [0.4, 0.5) is 0 Å². The number of nitrogens with zero attached hydrogens (tertiary/aromatic N) is 1. The van der Waals surface area contributed by atoms with E-state index in [0.29, 0.717) is 55.0 Å². The molecule has 10 heteroatoms. The predicted molar refractivity (Wildman–Crippen MR) is 202 cm³/mol. The van der Waals surface area contributed by atoms with Crippen LogP contribution >= 0.6 is 0 Å². The van der Waals surface area contributed by atoms with E-state index in [4.69, 9.17) is 9.47 Å². The Morgan fingerprint density at radius 3 is 2.55 bits per heavy atom. The number of carbonyl (C=O) groups is 1. The molecule has 4 aromatic carbocycles. The van der Waals surface area contributed by atoms with Crippen LogP contribution < -0.4 is 20.9 Å². The third-order valence-electron chi connectivity index (χ3n) is 11.3. The van der Waals surface area contributed by atoms with E-state index in [0.717, 1.165) is 66.9 Å². The summed E-state index contributed by atoms with van der Waals surface area (Å²) in [6, 6.07) is 30.5. The number of carbonyl (C=O) groups excluding carboxylic acids is 1. The van der Waals surface area contributed by atoms with E-state index in [2.05, 4.69) is 38.7 Å². The quantitative estimate of drug-likeness (QED) is 0.104. The molecule has 53 heavy (non-hydrogen) atoms. The number of phenolic OH excluding ortho intramolecular Hbond substituents is 1. The lowest BCUT2D eigenvalue weighted by Gasteiger charge is -2.45. The van der Waals surface area contributed by atoms with Crippen LogP contribution in [0.5, 0.6) is 11.5 Å². The van der Waals surface area contributed by atoms with Gasteiger partial charge in [0.05, 0.1) is 11.6 Å². The van der Waals surface area contributed by atoms with Gasteiger partial charge in [-0.3, -0.25) is 15.0 Å². The number of aryl methyl sites for hydroxylation is 1. The third kappa shape index (κ3) is 7.45. The molecule has 1 aliphatic carbocycles. The van der Waals surface area contributed by atoms with Gasteiger partial charge in [-0.2, -0.15) is 0 Å². The SMILES string of the molecule is O=C(O[C@H]1CN2CCC1CC2)C1(NCc2cccc(OCc3ccc(CNCC(O)c4ccc(O)c5[nH]c(=O)ccc45)cc3)c2)CCc2ccccc21. The van der Waals surface area contributed by atoms with Crippen LogP contribution in [-0.4, -0.2) is 58.3 Å². The molecule has 9 rings (SSSR count). The first-order valence-electron chi connectivity index (χ1n) is 18.6. The zero-order valence-corrected chi connectivity index (χ0v) is 29.7. The van der Waals surface area contributed by atoms with Crippen molar-refractivity contribution in [3.05, 3.63) is 141 Å². The maximum absolute atomic E-state index is 14.1. The highest BCUT2D eigenvalue weighted by atomic mass is 16.5. The van der Waals surface area contributed by atoms with E-state index in [1.807, 2.05) is 54.6 Å². The Kier molecular flexibility index (Phi) is 10.0. The number of aromatic amines is 1. The van der Waals surface area contributed by atoms with E-state index >= 15 is 0 Å². The number of pyridine rings is 1. The van der Waals surface area contributed by atoms with Crippen LogP contribution in [0.2, 0.25) is 0 Å². The van der Waals surface area contributed by atoms with Gasteiger partial charge >= 0.3 is 5.97 Å². The number of phenols is 1. The Labute approximate surface area is 308 Å². The summed E-state index contributed by atoms with van der Waals surface area (Å²) in [4.78, 5) is 30.9. The van der Waals surface area contributed by atoms with Crippen LogP contribution in [0.25, 0.3) is 10.9 Å². The van der Waals surface area contributed by atoms with Crippen LogP contribution in [0.3, 0.4) is 0 Å². The highest BCUT2D eigenvalue weighted by molar-refractivity contribution is 5.87. The maximum Gasteiger partial charge on any atom is 0.331 e. The molecule has 0 saturated carbocycles. The molecule has 3 fully saturated rings. The Hall–Kier alpha value is -5.00. The highest BCUT2D eigenvalue weighted by Gasteiger charge is 2.48. The molecule has 0 spiro atoms. The number of hydrogen-bond acceptors (Lipinski definition) is 9. The zero-order valence-electron chi connectivity index (χ0n) is 29.7. The minimum atomic E-state index is -0.879. The van der Waals surface area contributed by atoms with Gasteiger partial charge in [0.15, 0.2) is 0 Å². The Morgan fingerprint density at radius 1 is 0.925 bits per heavy atom. The van der Waals surface area contributed by atoms with Crippen molar-refractivity contribution in [3.63, 3.8) is 0 Å². The van der Waals surface area contributed by atoms with Crippen molar-refractivity contribution in [1.29, 1.82) is 0 Å². The minimum Gasteiger partial charge on any atom is -0.506 e. The van der Waals surface area contributed by atoms with Crippen molar-refractivity contribution in [2.45, 2.75) is 63.1 Å². The van der Waals surface area contributed by atoms with Crippen molar-refractivity contribution in [2.75, 3.05) is 26.2 Å². The first kappa shape index (κ1) is 35.1. The molecule has 4 aliphatic rings. The summed E-state index contributed by atoms with van der Waals surface area (Å²) in [6.07, 6.45) is 2.83. The van der Waals surface area contributed by atoms with Crippen LogP contribution in [0, 0.1) is 5.92 Å². The van der Waals surface area contributed by atoms with Gasteiger partial charge in [-0.1, -0.05) is 66.7 Å². The first-order valence-corrected chi connectivity index (χ1v) is 18.6. The van der Waals surface area contributed by atoms with E-state index in [1.165, 1.54) is 17.7 Å². The van der Waals surface area contributed by atoms with Gasteiger partial charge in [-0.05, 0) is 102 Å². The van der Waals surface area contributed by atoms with Gasteiger partial charge in [0.25, 0.3) is 0 Å². The first-order chi connectivity index (χ1) is 25.8. The number of rotatable bonds is 13. The molecule has 2 bridgehead atoms. The van der Waals surface area contributed by atoms with E-state index in [1.54, 1.807) is 12.1 Å². The van der Waals surface area contributed by atoms with E-state index in [9.17, 15) is 19.8 Å². The molecule has 0 amide bonds. The summed E-state index contributed by atoms with van der Waals surface area (Å²) in [7, 11) is 0. The number of aliphatic hydroxyl groups is 1. The number of esters is 1. The van der Waals surface area contributed by atoms with Crippen LogP contribution in [-0.2, 0) is 41.2 Å². The monoisotopic (exact) mass is 714 g/mol. The van der Waals surface area contributed by atoms with Crippen molar-refractivity contribution in [1.82, 2.24) is 20.5 Å². The lowest BCUT2D eigenvalue weighted by atomic mass is 9.85. The van der Waals surface area contributed by atoms with Gasteiger partial charge < -0.3 is 30.0 Å². The van der Waals surface area contributed by atoms with Gasteiger partial charge in [0.1, 0.15) is 29.7 Å². The number of piperidine rings is 3. The summed E-state index contributed by atoms with van der Waals surface area (Å²) in [5.41, 5.74) is 5.08. The number of benzene rings is 4. The third-order valence-corrected chi connectivity index (χ3v) is 11.3. The average molecular weight is 715 g/mol. The van der Waals surface area contributed by atoms with Gasteiger partial charge in [-0.15, -0.1) is 0 Å². The van der Waals surface area contributed by atoms with E-state index in [-0.39, 0.29) is 23.4 Å². The predicted octanol–water partition coefficient (Wildman–Crippen LogP) is 5.20. The fourth-order valence-corrected chi connectivity index (χ4v) is 8.29. The fourth-order valence-electron chi connectivity index (χ4n) is 8.29. The smallest absolute Gasteiger partial charge is 0.331 e. The molecule has 4 heterocycles. The van der Waals surface area contributed by atoms with Crippen LogP contribution in [0.15, 0.2) is 102 Å². The number of aliphatic hydroxyl groups excluding tert-OH is 1. The molecule has 1 aromatic heterocycles. The highest BCUT2D eigenvalue weighted by Crippen LogP contribution is 2.40. The molecule has 274 valence electrons. The summed E-state index contributed by atoms with van der Waals surface area (Å²) >= 11 is 0. The largest absolute Gasteiger partial charge is 0.506 e. The molecule has 3 saturated heterocycles. The normalized spacial score (nSPS) is 22.4. The second kappa shape index (κ2) is 15.2. The molecule has 3 aliphatic heterocycles. The minimum absolute atomic E-state index is 0.0346. The van der Waals surface area contributed by atoms with Gasteiger partial charge in [-0.25, -0.2) is 4.79 Å². The topological polar surface area (TPSA) is 136 Å². The second-order valence-corrected chi connectivity index (χ2v) is 14.7. The zero-order chi connectivity index (χ0) is 36.4. The number of fused-ring (bicyclic) bond motifs is 5. The molecule has 5 aromatic rings. The molecule has 2 unspecified atom stereocenters. The molecule has 0 radical (unpaired) electrons. The molecule has 5 N–H and O–H groups in total. The Bertz CT molecular complexity index is 2140. The van der Waals surface area contributed by atoms with Crippen molar-refractivity contribution < 1.29 is 24.5 Å². The lowest BCUT2D eigenvalue weighted by molar-refractivity contribution is -0.167. The summed E-state index contributed by atoms with van der Waals surface area (Å²) < 4.78 is 12.6. The summed E-state index contributed by atoms with van der Waals surface area (Å²) in [6.45, 7) is 4.80. The lowest BCUT2D eigenvalue weighted by Crippen LogP contribution is -2.55. The number of H-pyrrole nitrogens is 1. The van der Waals surface area contributed by atoms with Crippen molar-refractivity contribution >= 4 is 16.9 Å². The fraction of sp³-hybridized carbons (Fsp3) is 0.349. The number of nitrogens with one attached hydrogen (secondary N) is 3. The molecular formula is C43H46N4O6. The summed E-state index contributed by atoms with van der Waals surface area (Å²) in [5, 5.41) is 28.6. The Balaban J connectivity index is 0.855. The number of aromatic hydroxyl groups is 1. The van der Waals surface area contributed by atoms with Crippen LogP contribution in [0.1, 0.15) is 58.7 Å². The van der Waals surface area contributed by atoms with E-state index < -0.39 is 11.6 Å². The number of aromatic nitrogens is 1. The average Bonchev–Trinajstić information content (AvgIpc) is 3.57.